The van der Waals surface area contributed by atoms with E-state index in [-0.39, 0.29) is 11.2 Å². The van der Waals surface area contributed by atoms with Gasteiger partial charge < -0.3 is 14.5 Å². The average molecular weight is 343 g/mol. The molecule has 0 spiro atoms. The van der Waals surface area contributed by atoms with Gasteiger partial charge in [-0.1, -0.05) is 23.9 Å². The second kappa shape index (κ2) is 7.83. The van der Waals surface area contributed by atoms with E-state index >= 15 is 0 Å². The van der Waals surface area contributed by atoms with Crippen LogP contribution in [0.3, 0.4) is 0 Å². The third kappa shape index (κ3) is 4.26. The highest BCUT2D eigenvalue weighted by atomic mass is 32.2. The van der Waals surface area contributed by atoms with E-state index in [1.165, 1.54) is 18.0 Å². The Labute approximate surface area is 144 Å². The van der Waals surface area contributed by atoms with Crippen LogP contribution in [-0.2, 0) is 11.2 Å². The Morgan fingerprint density at radius 2 is 2.17 bits per heavy atom. The van der Waals surface area contributed by atoms with Gasteiger partial charge >= 0.3 is 0 Å². The first-order chi connectivity index (χ1) is 11.7. The van der Waals surface area contributed by atoms with Crippen LogP contribution in [0, 0.1) is 0 Å². The molecule has 124 valence electrons. The molecule has 3 rings (SSSR count). The average Bonchev–Trinajstić information content (AvgIpc) is 3.20. The summed E-state index contributed by atoms with van der Waals surface area (Å²) in [5.41, 5.74) is 1.08. The largest absolute Gasteiger partial charge is 0.494 e. The number of ether oxygens (including phenoxy) is 1. The highest BCUT2D eigenvalue weighted by Crippen LogP contribution is 2.24. The van der Waals surface area contributed by atoms with Gasteiger partial charge in [0.25, 0.3) is 0 Å². The van der Waals surface area contributed by atoms with E-state index in [1.807, 2.05) is 31.2 Å². The maximum absolute atomic E-state index is 12.0. The number of benzene rings is 1. The SMILES string of the molecule is CCOc1ccc(C[C@@H]2S/C(=N/N=C/c3ccco3)NC2=O)cc1. The van der Waals surface area contributed by atoms with Gasteiger partial charge in [0.1, 0.15) is 11.5 Å². The van der Waals surface area contributed by atoms with Crippen LogP contribution in [0.1, 0.15) is 18.2 Å². The minimum Gasteiger partial charge on any atom is -0.494 e. The van der Waals surface area contributed by atoms with Crippen molar-refractivity contribution >= 4 is 29.1 Å². The molecule has 1 atom stereocenters. The van der Waals surface area contributed by atoms with Crippen LogP contribution in [0.2, 0.25) is 0 Å². The lowest BCUT2D eigenvalue weighted by molar-refractivity contribution is -0.118. The molecule has 0 saturated carbocycles. The summed E-state index contributed by atoms with van der Waals surface area (Å²) in [5, 5.41) is 11.0. The second-order valence-corrected chi connectivity index (χ2v) is 6.23. The van der Waals surface area contributed by atoms with Gasteiger partial charge in [-0.25, -0.2) is 0 Å². The molecule has 0 unspecified atom stereocenters. The van der Waals surface area contributed by atoms with E-state index < -0.39 is 0 Å². The molecule has 1 saturated heterocycles. The Morgan fingerprint density at radius 1 is 1.33 bits per heavy atom. The molecule has 0 aliphatic carbocycles. The summed E-state index contributed by atoms with van der Waals surface area (Å²) in [7, 11) is 0. The van der Waals surface area contributed by atoms with Gasteiger partial charge in [-0.15, -0.1) is 5.10 Å². The summed E-state index contributed by atoms with van der Waals surface area (Å²) < 4.78 is 10.5. The summed E-state index contributed by atoms with van der Waals surface area (Å²) in [6.07, 6.45) is 3.69. The number of hydrogen-bond donors (Lipinski definition) is 1. The number of rotatable bonds is 6. The summed E-state index contributed by atoms with van der Waals surface area (Å²) in [6.45, 7) is 2.58. The van der Waals surface area contributed by atoms with E-state index in [2.05, 4.69) is 15.5 Å². The molecule has 0 radical (unpaired) electrons. The smallest absolute Gasteiger partial charge is 0.239 e. The molecular weight excluding hydrogens is 326 g/mol. The fraction of sp³-hybridized carbons (Fsp3) is 0.235. The summed E-state index contributed by atoms with van der Waals surface area (Å²) in [5.74, 6) is 1.39. The highest BCUT2D eigenvalue weighted by molar-refractivity contribution is 8.15. The number of nitrogens with one attached hydrogen (secondary N) is 1. The van der Waals surface area contributed by atoms with Crippen LogP contribution in [0.15, 0.2) is 57.3 Å². The number of carbonyl (C=O) groups is 1. The zero-order valence-electron chi connectivity index (χ0n) is 13.1. The van der Waals surface area contributed by atoms with E-state index in [4.69, 9.17) is 9.15 Å². The summed E-state index contributed by atoms with van der Waals surface area (Å²) >= 11 is 1.38. The number of hydrogen-bond acceptors (Lipinski definition) is 6. The molecule has 2 aromatic rings. The molecule has 1 aliphatic rings. The van der Waals surface area contributed by atoms with Crippen molar-refractivity contribution in [3.63, 3.8) is 0 Å². The minimum absolute atomic E-state index is 0.0548. The van der Waals surface area contributed by atoms with Crippen molar-refractivity contribution in [1.82, 2.24) is 5.32 Å². The van der Waals surface area contributed by atoms with Crippen molar-refractivity contribution in [3.05, 3.63) is 54.0 Å². The van der Waals surface area contributed by atoms with Gasteiger partial charge in [-0.05, 0) is 43.2 Å². The molecular formula is C17H17N3O3S. The van der Waals surface area contributed by atoms with Crippen molar-refractivity contribution < 1.29 is 13.9 Å². The maximum atomic E-state index is 12.0. The van der Waals surface area contributed by atoms with Crippen LogP contribution in [0.5, 0.6) is 5.75 Å². The highest BCUT2D eigenvalue weighted by Gasteiger charge is 2.30. The van der Waals surface area contributed by atoms with Crippen molar-refractivity contribution in [2.75, 3.05) is 6.61 Å². The van der Waals surface area contributed by atoms with Crippen LogP contribution in [0.25, 0.3) is 0 Å². The first-order valence-corrected chi connectivity index (χ1v) is 8.46. The van der Waals surface area contributed by atoms with Crippen LogP contribution in [0.4, 0.5) is 0 Å². The van der Waals surface area contributed by atoms with Crippen LogP contribution in [-0.4, -0.2) is 29.1 Å². The Morgan fingerprint density at radius 3 is 2.88 bits per heavy atom. The Balaban J connectivity index is 1.58. The molecule has 7 heteroatoms. The van der Waals surface area contributed by atoms with E-state index in [1.54, 1.807) is 18.4 Å². The lowest BCUT2D eigenvalue weighted by Gasteiger charge is -2.07. The molecule has 0 bridgehead atoms. The Kier molecular flexibility index (Phi) is 5.32. The lowest BCUT2D eigenvalue weighted by Crippen LogP contribution is -2.25. The monoisotopic (exact) mass is 343 g/mol. The molecule has 6 nitrogen and oxygen atoms in total. The standard InChI is InChI=1S/C17H17N3O3S/c1-2-22-13-7-5-12(6-8-13)10-15-16(21)19-17(24-15)20-18-11-14-4-3-9-23-14/h3-9,11,15H,2,10H2,1H3,(H,19,20,21)/b18-11+/t15-/m0/s1. The first-order valence-electron chi connectivity index (χ1n) is 7.58. The topological polar surface area (TPSA) is 76.2 Å². The van der Waals surface area contributed by atoms with Gasteiger partial charge in [0.05, 0.1) is 24.3 Å². The summed E-state index contributed by atoms with van der Waals surface area (Å²) in [4.78, 5) is 12.0. The molecule has 2 heterocycles. The Bertz CT molecular complexity index is 739. The fourth-order valence-electron chi connectivity index (χ4n) is 2.19. The van der Waals surface area contributed by atoms with Gasteiger partial charge in [0.15, 0.2) is 5.17 Å². The first kappa shape index (κ1) is 16.3. The van der Waals surface area contributed by atoms with Gasteiger partial charge in [-0.3, -0.25) is 4.79 Å². The zero-order chi connectivity index (χ0) is 16.8. The number of carbonyl (C=O) groups excluding carboxylic acids is 1. The quantitative estimate of drug-likeness (QED) is 0.646. The third-order valence-corrected chi connectivity index (χ3v) is 4.38. The van der Waals surface area contributed by atoms with Crippen LogP contribution >= 0.6 is 11.8 Å². The number of furan rings is 1. The summed E-state index contributed by atoms with van der Waals surface area (Å²) in [6, 6.07) is 11.3. The number of amidine groups is 1. The number of thioether (sulfide) groups is 1. The molecule has 1 aliphatic heterocycles. The van der Waals surface area contributed by atoms with Crippen LogP contribution < -0.4 is 10.1 Å². The predicted octanol–water partition coefficient (Wildman–Crippen LogP) is 2.84. The lowest BCUT2D eigenvalue weighted by atomic mass is 10.1. The van der Waals surface area contributed by atoms with E-state index in [0.717, 1.165) is 11.3 Å². The Hall–Kier alpha value is -2.54. The van der Waals surface area contributed by atoms with Crippen molar-refractivity contribution in [1.29, 1.82) is 0 Å². The van der Waals surface area contributed by atoms with E-state index in [0.29, 0.717) is 24.0 Å². The van der Waals surface area contributed by atoms with E-state index in [9.17, 15) is 4.79 Å². The number of nitrogens with zero attached hydrogens (tertiary/aromatic N) is 2. The van der Waals surface area contributed by atoms with Gasteiger partial charge in [0, 0.05) is 0 Å². The van der Waals surface area contributed by atoms with Gasteiger partial charge in [-0.2, -0.15) is 5.10 Å². The maximum Gasteiger partial charge on any atom is 0.239 e. The van der Waals surface area contributed by atoms with Gasteiger partial charge in [0.2, 0.25) is 5.91 Å². The second-order valence-electron chi connectivity index (χ2n) is 5.04. The third-order valence-electron chi connectivity index (χ3n) is 3.31. The molecule has 1 aromatic carbocycles. The zero-order valence-corrected chi connectivity index (χ0v) is 14.0. The van der Waals surface area contributed by atoms with Crippen molar-refractivity contribution in [2.24, 2.45) is 10.2 Å². The molecule has 1 amide bonds. The normalized spacial score (nSPS) is 19.1. The fourth-order valence-corrected chi connectivity index (χ4v) is 3.16. The minimum atomic E-state index is -0.208. The van der Waals surface area contributed by atoms with Crippen molar-refractivity contribution in [2.45, 2.75) is 18.6 Å². The van der Waals surface area contributed by atoms with Crippen molar-refractivity contribution in [3.8, 4) is 5.75 Å². The molecule has 1 fully saturated rings. The predicted molar refractivity (Wildman–Crippen MR) is 94.6 cm³/mol. The molecule has 1 N–H and O–H groups in total. The number of amides is 1. The molecule has 24 heavy (non-hydrogen) atoms. The molecule has 1 aromatic heterocycles.